The van der Waals surface area contributed by atoms with Gasteiger partial charge in [-0.2, -0.15) is 26.3 Å². The van der Waals surface area contributed by atoms with Crippen LogP contribution in [0.5, 0.6) is 0 Å². The van der Waals surface area contributed by atoms with E-state index in [9.17, 15) is 31.1 Å². The minimum absolute atomic E-state index is 0.156. The van der Waals surface area contributed by atoms with E-state index in [-0.39, 0.29) is 21.8 Å². The Bertz CT molecular complexity index is 764. The number of ketones is 1. The fourth-order valence-corrected chi connectivity index (χ4v) is 4.32. The van der Waals surface area contributed by atoms with Gasteiger partial charge in [-0.15, -0.1) is 0 Å². The number of alkyl halides is 8. The van der Waals surface area contributed by atoms with Gasteiger partial charge in [0.25, 0.3) is 0 Å². The van der Waals surface area contributed by atoms with E-state index in [1.165, 1.54) is 36.4 Å². The molecule has 0 N–H and O–H groups in total. The maximum Gasteiger partial charge on any atom is 0.416 e. The van der Waals surface area contributed by atoms with Gasteiger partial charge in [-0.1, -0.05) is 68.3 Å². The smallest absolute Gasteiger partial charge is 0.298 e. The van der Waals surface area contributed by atoms with Crippen LogP contribution in [-0.4, -0.2) is 16.4 Å². The van der Waals surface area contributed by atoms with Crippen molar-refractivity contribution in [1.82, 2.24) is 0 Å². The molecule has 0 fully saturated rings. The summed E-state index contributed by atoms with van der Waals surface area (Å²) in [4.78, 5) is 13.1. The molecule has 0 heterocycles. The summed E-state index contributed by atoms with van der Waals surface area (Å²) < 4.78 is 80.1. The molecule has 2 atom stereocenters. The lowest BCUT2D eigenvalue weighted by Crippen LogP contribution is -2.27. The SMILES string of the molecule is O=C(C(CBr)c1ccccc1C(F)(F)F)C(CBr)c1ccccc1C(F)(F)F. The monoisotopic (exact) mass is 530 g/mol. The van der Waals surface area contributed by atoms with Crippen LogP contribution in [0.3, 0.4) is 0 Å². The molecular weight excluding hydrogens is 518 g/mol. The third-order valence-corrected chi connectivity index (χ3v) is 5.57. The van der Waals surface area contributed by atoms with Crippen LogP contribution in [0.15, 0.2) is 48.5 Å². The highest BCUT2D eigenvalue weighted by molar-refractivity contribution is 9.09. The molecule has 2 rings (SSSR count). The Kier molecular flexibility index (Phi) is 7.36. The molecule has 0 aliphatic heterocycles. The van der Waals surface area contributed by atoms with E-state index >= 15 is 0 Å². The van der Waals surface area contributed by atoms with Gasteiger partial charge in [0.2, 0.25) is 0 Å². The molecule has 2 aromatic carbocycles. The van der Waals surface area contributed by atoms with Crippen LogP contribution in [0.4, 0.5) is 26.3 Å². The van der Waals surface area contributed by atoms with Crippen molar-refractivity contribution in [2.24, 2.45) is 0 Å². The van der Waals surface area contributed by atoms with Crippen LogP contribution >= 0.6 is 31.9 Å². The zero-order chi connectivity index (χ0) is 21.1. The Morgan fingerprint density at radius 1 is 0.714 bits per heavy atom. The van der Waals surface area contributed by atoms with Crippen LogP contribution in [0, 0.1) is 0 Å². The number of hydrogen-bond acceptors (Lipinski definition) is 1. The number of carbonyl (C=O) groups is 1. The van der Waals surface area contributed by atoms with E-state index in [1.807, 2.05) is 0 Å². The molecule has 0 amide bonds. The summed E-state index contributed by atoms with van der Waals surface area (Å²) in [5.41, 5.74) is -2.50. The van der Waals surface area contributed by atoms with Crippen LogP contribution in [-0.2, 0) is 17.1 Å². The van der Waals surface area contributed by atoms with Gasteiger partial charge in [-0.05, 0) is 23.3 Å². The lowest BCUT2D eigenvalue weighted by atomic mass is 9.82. The maximum atomic E-state index is 13.4. The molecule has 0 bridgehead atoms. The van der Waals surface area contributed by atoms with Crippen molar-refractivity contribution in [3.8, 4) is 0 Å². The molecule has 9 heteroatoms. The summed E-state index contributed by atoms with van der Waals surface area (Å²) in [7, 11) is 0. The van der Waals surface area contributed by atoms with Crippen molar-refractivity contribution in [3.63, 3.8) is 0 Å². The molecule has 0 radical (unpaired) electrons. The van der Waals surface area contributed by atoms with Gasteiger partial charge in [0.05, 0.1) is 23.0 Å². The van der Waals surface area contributed by atoms with Crippen molar-refractivity contribution in [3.05, 3.63) is 70.8 Å². The van der Waals surface area contributed by atoms with Gasteiger partial charge in [-0.3, -0.25) is 4.79 Å². The highest BCUT2D eigenvalue weighted by Crippen LogP contribution is 2.41. The number of benzene rings is 2. The average Bonchev–Trinajstić information content (AvgIpc) is 2.62. The summed E-state index contributed by atoms with van der Waals surface area (Å²) in [6.07, 6.45) is -9.38. The fraction of sp³-hybridized carbons (Fsp3) is 0.316. The van der Waals surface area contributed by atoms with Crippen LogP contribution < -0.4 is 0 Å². The normalized spacial score (nSPS) is 14.6. The third kappa shape index (κ3) is 4.97. The molecule has 2 unspecified atom stereocenters. The molecule has 0 aromatic heterocycles. The molecule has 0 spiro atoms. The van der Waals surface area contributed by atoms with Gasteiger partial charge < -0.3 is 0 Å². The molecule has 28 heavy (non-hydrogen) atoms. The van der Waals surface area contributed by atoms with Crippen LogP contribution in [0.1, 0.15) is 34.1 Å². The predicted molar refractivity (Wildman–Crippen MR) is 101 cm³/mol. The third-order valence-electron chi connectivity index (χ3n) is 4.28. The van der Waals surface area contributed by atoms with Crippen LogP contribution in [0.2, 0.25) is 0 Å². The standard InChI is InChI=1S/C19H14Br2F6O/c20-9-13(11-5-1-3-7-15(11)18(22,23)24)17(28)14(10-21)12-6-2-4-8-16(12)19(25,26)27/h1-8,13-14H,9-10H2. The fourth-order valence-electron chi connectivity index (χ4n) is 2.99. The first kappa shape index (κ1) is 22.9. The zero-order valence-electron chi connectivity index (χ0n) is 14.1. The molecule has 152 valence electrons. The quantitative estimate of drug-likeness (QED) is 0.291. The minimum atomic E-state index is -4.69. The molecule has 1 nitrogen and oxygen atoms in total. The first-order valence-corrected chi connectivity index (χ1v) is 10.2. The van der Waals surface area contributed by atoms with Crippen molar-refractivity contribution in [2.75, 3.05) is 10.7 Å². The Morgan fingerprint density at radius 3 is 1.32 bits per heavy atom. The summed E-state index contributed by atoms with van der Waals surface area (Å²) in [6.45, 7) is 0. The minimum Gasteiger partial charge on any atom is -0.298 e. The summed E-state index contributed by atoms with van der Waals surface area (Å²) in [5.74, 6) is -3.26. The number of rotatable bonds is 6. The Balaban J connectivity index is 2.54. The van der Waals surface area contributed by atoms with Crippen molar-refractivity contribution < 1.29 is 31.1 Å². The number of halogens is 8. The Morgan fingerprint density at radius 2 is 1.04 bits per heavy atom. The van der Waals surface area contributed by atoms with Gasteiger partial charge >= 0.3 is 12.4 Å². The molecule has 0 saturated carbocycles. The van der Waals surface area contributed by atoms with E-state index < -0.39 is 41.1 Å². The molecule has 0 saturated heterocycles. The Hall–Kier alpha value is -1.35. The van der Waals surface area contributed by atoms with Gasteiger partial charge in [0.1, 0.15) is 5.78 Å². The van der Waals surface area contributed by atoms with E-state index in [4.69, 9.17) is 0 Å². The molecule has 2 aromatic rings. The van der Waals surface area contributed by atoms with E-state index in [2.05, 4.69) is 31.9 Å². The highest BCUT2D eigenvalue weighted by Gasteiger charge is 2.40. The largest absolute Gasteiger partial charge is 0.416 e. The Labute approximate surface area is 174 Å². The first-order valence-electron chi connectivity index (χ1n) is 8.00. The summed E-state index contributed by atoms with van der Waals surface area (Å²) in [5, 5.41) is -0.312. The average molecular weight is 532 g/mol. The number of hydrogen-bond donors (Lipinski definition) is 0. The van der Waals surface area contributed by atoms with Crippen molar-refractivity contribution in [1.29, 1.82) is 0 Å². The summed E-state index contributed by atoms with van der Waals surface area (Å²) in [6, 6.07) is 9.17. The predicted octanol–water partition coefficient (Wildman–Crippen LogP) is 6.95. The zero-order valence-corrected chi connectivity index (χ0v) is 17.3. The highest BCUT2D eigenvalue weighted by atomic mass is 79.9. The molecular formula is C19H14Br2F6O. The lowest BCUT2D eigenvalue weighted by Gasteiger charge is -2.25. The van der Waals surface area contributed by atoms with Gasteiger partial charge in [0, 0.05) is 10.7 Å². The lowest BCUT2D eigenvalue weighted by molar-refractivity contribution is -0.139. The molecule has 0 aliphatic carbocycles. The van der Waals surface area contributed by atoms with Crippen molar-refractivity contribution in [2.45, 2.75) is 24.2 Å². The first-order chi connectivity index (χ1) is 13.0. The van der Waals surface area contributed by atoms with Crippen LogP contribution in [0.25, 0.3) is 0 Å². The topological polar surface area (TPSA) is 17.1 Å². The van der Waals surface area contributed by atoms with Gasteiger partial charge in [0.15, 0.2) is 0 Å². The second-order valence-electron chi connectivity index (χ2n) is 5.99. The second kappa shape index (κ2) is 8.98. The van der Waals surface area contributed by atoms with E-state index in [0.29, 0.717) is 0 Å². The van der Waals surface area contributed by atoms with Gasteiger partial charge in [-0.25, -0.2) is 0 Å². The summed E-state index contributed by atoms with van der Waals surface area (Å²) >= 11 is 6.11. The van der Waals surface area contributed by atoms with Crippen molar-refractivity contribution >= 4 is 37.6 Å². The second-order valence-corrected chi connectivity index (χ2v) is 7.28. The molecule has 0 aliphatic rings. The number of carbonyl (C=O) groups excluding carboxylic acids is 1. The van der Waals surface area contributed by atoms with E-state index in [1.54, 1.807) is 0 Å². The number of Topliss-reactive ketones (excluding diaryl/α,β-unsaturated/α-hetero) is 1. The van der Waals surface area contributed by atoms with E-state index in [0.717, 1.165) is 12.1 Å². The maximum absolute atomic E-state index is 13.4.